The summed E-state index contributed by atoms with van der Waals surface area (Å²) in [7, 11) is 0. The second-order valence-electron chi connectivity index (χ2n) is 8.17. The molecule has 2 fully saturated rings. The molecule has 27 heavy (non-hydrogen) atoms. The van der Waals surface area contributed by atoms with E-state index >= 15 is 0 Å². The summed E-state index contributed by atoms with van der Waals surface area (Å²) in [6.07, 6.45) is 3.24. The van der Waals surface area contributed by atoms with Gasteiger partial charge < -0.3 is 20.1 Å². The second kappa shape index (κ2) is 9.04. The van der Waals surface area contributed by atoms with Crippen molar-refractivity contribution in [1.29, 1.82) is 0 Å². The smallest absolute Gasteiger partial charge is 0.240 e. The number of piperidine rings is 1. The van der Waals surface area contributed by atoms with Crippen molar-refractivity contribution >= 4 is 5.91 Å². The van der Waals surface area contributed by atoms with E-state index in [-0.39, 0.29) is 12.5 Å². The van der Waals surface area contributed by atoms with Crippen molar-refractivity contribution in [3.63, 3.8) is 0 Å². The lowest BCUT2D eigenvalue weighted by molar-refractivity contribution is -0.135. The van der Waals surface area contributed by atoms with Gasteiger partial charge in [0.05, 0.1) is 5.54 Å². The molecule has 2 N–H and O–H groups in total. The van der Waals surface area contributed by atoms with Crippen molar-refractivity contribution in [2.75, 3.05) is 39.3 Å². The van der Waals surface area contributed by atoms with Crippen molar-refractivity contribution in [3.8, 4) is 5.75 Å². The minimum absolute atomic E-state index is 0.0594. The lowest BCUT2D eigenvalue weighted by atomic mass is 9.98. The first-order chi connectivity index (χ1) is 13.0. The number of nitrogens with zero attached hydrogens (tertiary/aromatic N) is 2. The van der Waals surface area contributed by atoms with Crippen LogP contribution in [0.3, 0.4) is 0 Å². The molecule has 1 amide bonds. The van der Waals surface area contributed by atoms with Crippen molar-refractivity contribution in [2.24, 2.45) is 0 Å². The number of amides is 1. The molecule has 150 valence electrons. The summed E-state index contributed by atoms with van der Waals surface area (Å²) in [5.74, 6) is 0.848. The first-order valence-corrected chi connectivity index (χ1v) is 10.1. The lowest BCUT2D eigenvalue weighted by Gasteiger charge is -2.41. The van der Waals surface area contributed by atoms with Crippen LogP contribution < -0.4 is 10.1 Å². The van der Waals surface area contributed by atoms with Gasteiger partial charge in [0.1, 0.15) is 18.5 Å². The van der Waals surface area contributed by atoms with Gasteiger partial charge in [-0.25, -0.2) is 0 Å². The molecule has 6 heteroatoms. The van der Waals surface area contributed by atoms with Gasteiger partial charge in [-0.15, -0.1) is 0 Å². The molecule has 2 saturated heterocycles. The number of hydrogen-bond acceptors (Lipinski definition) is 5. The lowest BCUT2D eigenvalue weighted by Crippen LogP contribution is -2.61. The van der Waals surface area contributed by atoms with Gasteiger partial charge >= 0.3 is 0 Å². The largest absolute Gasteiger partial charge is 0.491 e. The van der Waals surface area contributed by atoms with E-state index in [1.165, 1.54) is 19.3 Å². The summed E-state index contributed by atoms with van der Waals surface area (Å²) in [4.78, 5) is 16.7. The Morgan fingerprint density at radius 1 is 1.19 bits per heavy atom. The van der Waals surface area contributed by atoms with E-state index < -0.39 is 11.6 Å². The number of benzene rings is 1. The van der Waals surface area contributed by atoms with Crippen molar-refractivity contribution < 1.29 is 14.6 Å². The summed E-state index contributed by atoms with van der Waals surface area (Å²) in [6.45, 7) is 9.13. The first kappa shape index (κ1) is 20.1. The Bertz CT molecular complexity index is 629. The van der Waals surface area contributed by atoms with Crippen molar-refractivity contribution in [3.05, 3.63) is 29.8 Å². The average Bonchev–Trinajstić information content (AvgIpc) is 2.66. The van der Waals surface area contributed by atoms with E-state index in [0.717, 1.165) is 30.9 Å². The molecule has 6 nitrogen and oxygen atoms in total. The van der Waals surface area contributed by atoms with E-state index in [1.54, 1.807) is 0 Å². The van der Waals surface area contributed by atoms with Crippen LogP contribution in [-0.2, 0) is 11.3 Å². The molecule has 3 rings (SSSR count). The van der Waals surface area contributed by atoms with E-state index in [0.29, 0.717) is 19.6 Å². The van der Waals surface area contributed by atoms with Gasteiger partial charge in [0, 0.05) is 31.7 Å². The fourth-order valence-corrected chi connectivity index (χ4v) is 3.88. The Hall–Kier alpha value is -1.63. The standard InChI is InChI=1S/C21H33N3O3/c1-21(2)20(26)22-10-13-24(21)14-17-8-4-5-9-19(17)27-16-18(25)15-23-11-6-3-7-12-23/h4-5,8-9,18,25H,3,6-7,10-16H2,1-2H3,(H,22,26). The van der Waals surface area contributed by atoms with Crippen molar-refractivity contribution in [1.82, 2.24) is 15.1 Å². The van der Waals surface area contributed by atoms with Gasteiger partial charge in [-0.3, -0.25) is 9.69 Å². The van der Waals surface area contributed by atoms with Gasteiger partial charge in [-0.2, -0.15) is 0 Å². The number of nitrogens with one attached hydrogen (secondary N) is 1. The van der Waals surface area contributed by atoms with Gasteiger partial charge in [0.2, 0.25) is 5.91 Å². The molecule has 0 aliphatic carbocycles. The third-order valence-corrected chi connectivity index (χ3v) is 5.70. The maximum Gasteiger partial charge on any atom is 0.240 e. The number of carbonyl (C=O) groups excluding carboxylic acids is 1. The number of carbonyl (C=O) groups is 1. The van der Waals surface area contributed by atoms with Crippen LogP contribution in [0, 0.1) is 0 Å². The summed E-state index contributed by atoms with van der Waals surface area (Å²) in [5, 5.41) is 13.3. The zero-order valence-corrected chi connectivity index (χ0v) is 16.6. The molecule has 2 aliphatic heterocycles. The highest BCUT2D eigenvalue weighted by Crippen LogP contribution is 2.25. The van der Waals surface area contributed by atoms with Crippen LogP contribution >= 0.6 is 0 Å². The number of para-hydroxylation sites is 1. The van der Waals surface area contributed by atoms with E-state index in [2.05, 4.69) is 15.1 Å². The Labute approximate surface area is 162 Å². The Morgan fingerprint density at radius 2 is 1.93 bits per heavy atom. The zero-order chi connectivity index (χ0) is 19.3. The van der Waals surface area contributed by atoms with Crippen LogP contribution in [0.4, 0.5) is 0 Å². The number of β-amino-alcohol motifs (C(OH)–C–C–N with tert-alkyl or cyclic N) is 1. The van der Waals surface area contributed by atoms with Gasteiger partial charge in [0.15, 0.2) is 0 Å². The molecule has 0 aromatic heterocycles. The van der Waals surface area contributed by atoms with Gasteiger partial charge in [-0.1, -0.05) is 24.6 Å². The summed E-state index contributed by atoms with van der Waals surface area (Å²) in [5.41, 5.74) is 0.504. The predicted molar refractivity (Wildman–Crippen MR) is 106 cm³/mol. The number of aliphatic hydroxyl groups is 1. The number of likely N-dealkylation sites (tertiary alicyclic amines) is 1. The summed E-state index contributed by atoms with van der Waals surface area (Å²) < 4.78 is 5.97. The summed E-state index contributed by atoms with van der Waals surface area (Å²) >= 11 is 0. The van der Waals surface area contributed by atoms with E-state index in [1.807, 2.05) is 38.1 Å². The molecule has 1 atom stereocenters. The summed E-state index contributed by atoms with van der Waals surface area (Å²) in [6, 6.07) is 7.92. The molecule has 1 unspecified atom stereocenters. The Morgan fingerprint density at radius 3 is 2.70 bits per heavy atom. The van der Waals surface area contributed by atoms with Crippen LogP contribution in [-0.4, -0.2) is 71.8 Å². The Kier molecular flexibility index (Phi) is 6.73. The van der Waals surface area contributed by atoms with Crippen LogP contribution in [0.5, 0.6) is 5.75 Å². The maximum absolute atomic E-state index is 12.2. The molecule has 0 radical (unpaired) electrons. The minimum atomic E-state index is -0.543. The molecule has 1 aromatic carbocycles. The van der Waals surface area contributed by atoms with Crippen LogP contribution in [0.25, 0.3) is 0 Å². The fraction of sp³-hybridized carbons (Fsp3) is 0.667. The second-order valence-corrected chi connectivity index (χ2v) is 8.17. The average molecular weight is 376 g/mol. The molecule has 2 aliphatic rings. The number of hydrogen-bond donors (Lipinski definition) is 2. The first-order valence-electron chi connectivity index (χ1n) is 10.1. The van der Waals surface area contributed by atoms with Gasteiger partial charge in [0.25, 0.3) is 0 Å². The van der Waals surface area contributed by atoms with Crippen LogP contribution in [0.1, 0.15) is 38.7 Å². The van der Waals surface area contributed by atoms with Crippen molar-refractivity contribution in [2.45, 2.75) is 51.3 Å². The number of aliphatic hydroxyl groups excluding tert-OH is 1. The SMILES string of the molecule is CC1(C)C(=O)NCCN1Cc1ccccc1OCC(O)CN1CCCCC1. The number of rotatable bonds is 7. The molecule has 1 aromatic rings. The maximum atomic E-state index is 12.2. The Balaban J connectivity index is 1.58. The monoisotopic (exact) mass is 375 g/mol. The molecule has 0 spiro atoms. The highest BCUT2D eigenvalue weighted by atomic mass is 16.5. The highest BCUT2D eigenvalue weighted by Gasteiger charge is 2.37. The number of piperazine rings is 1. The minimum Gasteiger partial charge on any atom is -0.491 e. The predicted octanol–water partition coefficient (Wildman–Crippen LogP) is 1.62. The number of ether oxygens (including phenoxy) is 1. The van der Waals surface area contributed by atoms with Crippen LogP contribution in [0.15, 0.2) is 24.3 Å². The third kappa shape index (κ3) is 5.21. The molecular formula is C21H33N3O3. The van der Waals surface area contributed by atoms with E-state index in [9.17, 15) is 9.90 Å². The van der Waals surface area contributed by atoms with Gasteiger partial charge in [-0.05, 0) is 45.8 Å². The molecule has 2 heterocycles. The quantitative estimate of drug-likeness (QED) is 0.758. The molecular weight excluding hydrogens is 342 g/mol. The topological polar surface area (TPSA) is 65.0 Å². The fourth-order valence-electron chi connectivity index (χ4n) is 3.88. The highest BCUT2D eigenvalue weighted by molar-refractivity contribution is 5.86. The molecule has 0 bridgehead atoms. The van der Waals surface area contributed by atoms with E-state index in [4.69, 9.17) is 4.74 Å². The zero-order valence-electron chi connectivity index (χ0n) is 16.6. The molecule has 0 saturated carbocycles. The third-order valence-electron chi connectivity index (χ3n) is 5.70. The van der Waals surface area contributed by atoms with Crippen LogP contribution in [0.2, 0.25) is 0 Å². The normalized spacial score (nSPS) is 22.3.